The van der Waals surface area contributed by atoms with Crippen molar-refractivity contribution in [3.8, 4) is 11.3 Å². The molecule has 26 heavy (non-hydrogen) atoms. The van der Waals surface area contributed by atoms with Gasteiger partial charge in [-0.2, -0.15) is 0 Å². The van der Waals surface area contributed by atoms with E-state index in [2.05, 4.69) is 21.7 Å². The number of fused-ring (bicyclic) bond motifs is 4. The SMILES string of the molecule is NS(=O)(=O)c1ccc2c(c1[C@@H]1c3ccccc3-c3cncn31)CCCC2. The van der Waals surface area contributed by atoms with E-state index in [1.54, 1.807) is 12.4 Å². The van der Waals surface area contributed by atoms with E-state index in [9.17, 15) is 8.42 Å². The fraction of sp³-hybridized carbons (Fsp3) is 0.250. The number of hydrogen-bond donors (Lipinski definition) is 1. The smallest absolute Gasteiger partial charge is 0.238 e. The maximum absolute atomic E-state index is 12.4. The van der Waals surface area contributed by atoms with Crippen molar-refractivity contribution in [3.63, 3.8) is 0 Å². The molecule has 1 aliphatic carbocycles. The number of rotatable bonds is 2. The Morgan fingerprint density at radius 3 is 2.73 bits per heavy atom. The lowest BCUT2D eigenvalue weighted by Crippen LogP contribution is -2.22. The van der Waals surface area contributed by atoms with Crippen molar-refractivity contribution in [2.75, 3.05) is 0 Å². The van der Waals surface area contributed by atoms with Crippen molar-refractivity contribution in [2.24, 2.45) is 5.14 Å². The van der Waals surface area contributed by atoms with Crippen molar-refractivity contribution in [1.82, 2.24) is 9.55 Å². The number of nitrogens with zero attached hydrogens (tertiary/aromatic N) is 2. The van der Waals surface area contributed by atoms with Gasteiger partial charge in [0.05, 0.1) is 29.2 Å². The van der Waals surface area contributed by atoms with Gasteiger partial charge < -0.3 is 4.57 Å². The molecule has 0 amide bonds. The molecule has 0 spiro atoms. The molecule has 1 aromatic heterocycles. The summed E-state index contributed by atoms with van der Waals surface area (Å²) in [5, 5.41) is 5.62. The summed E-state index contributed by atoms with van der Waals surface area (Å²) in [5.74, 6) is 0. The number of aromatic nitrogens is 2. The second-order valence-corrected chi connectivity index (χ2v) is 8.57. The third-order valence-corrected chi connectivity index (χ3v) is 6.56. The van der Waals surface area contributed by atoms with Gasteiger partial charge in [-0.15, -0.1) is 0 Å². The van der Waals surface area contributed by atoms with Crippen LogP contribution in [0.25, 0.3) is 11.3 Å². The molecule has 2 heterocycles. The molecular weight excluding hydrogens is 346 g/mol. The van der Waals surface area contributed by atoms with Gasteiger partial charge in [-0.1, -0.05) is 30.3 Å². The molecule has 0 unspecified atom stereocenters. The first kappa shape index (κ1) is 15.8. The number of nitrogens with two attached hydrogens (primary N) is 1. The van der Waals surface area contributed by atoms with Crippen LogP contribution in [0.3, 0.4) is 0 Å². The number of aryl methyl sites for hydroxylation is 1. The average molecular weight is 365 g/mol. The van der Waals surface area contributed by atoms with Crippen LogP contribution in [0.1, 0.15) is 41.1 Å². The first-order valence-corrected chi connectivity index (χ1v) is 10.4. The summed E-state index contributed by atoms with van der Waals surface area (Å²) in [6, 6.07) is 11.6. The van der Waals surface area contributed by atoms with Gasteiger partial charge in [-0.05, 0) is 48.4 Å². The van der Waals surface area contributed by atoms with E-state index in [4.69, 9.17) is 5.14 Å². The minimum absolute atomic E-state index is 0.204. The zero-order valence-electron chi connectivity index (χ0n) is 14.2. The topological polar surface area (TPSA) is 78.0 Å². The maximum Gasteiger partial charge on any atom is 0.238 e. The van der Waals surface area contributed by atoms with E-state index in [0.29, 0.717) is 0 Å². The molecule has 0 fully saturated rings. The number of sulfonamides is 1. The van der Waals surface area contributed by atoms with Crippen LogP contribution in [-0.2, 0) is 22.9 Å². The van der Waals surface area contributed by atoms with Gasteiger partial charge in [0.25, 0.3) is 0 Å². The van der Waals surface area contributed by atoms with E-state index in [0.717, 1.165) is 53.6 Å². The van der Waals surface area contributed by atoms with Gasteiger partial charge in [-0.3, -0.25) is 0 Å². The summed E-state index contributed by atoms with van der Waals surface area (Å²) < 4.78 is 26.9. The minimum Gasteiger partial charge on any atom is -0.319 e. The van der Waals surface area contributed by atoms with Crippen LogP contribution < -0.4 is 5.14 Å². The monoisotopic (exact) mass is 365 g/mol. The highest BCUT2D eigenvalue weighted by atomic mass is 32.2. The summed E-state index contributed by atoms with van der Waals surface area (Å²) >= 11 is 0. The van der Waals surface area contributed by atoms with Crippen LogP contribution in [0.5, 0.6) is 0 Å². The van der Waals surface area contributed by atoms with Crippen molar-refractivity contribution in [1.29, 1.82) is 0 Å². The molecule has 0 saturated carbocycles. The standard InChI is InChI=1S/C20H19N3O2S/c21-26(24,25)18-10-9-13-5-1-2-6-14(13)19(18)20-16-8-4-3-7-15(16)17-11-22-12-23(17)20/h3-4,7-12,20H,1-2,5-6H2,(H2,21,24,25)/t20-/m0/s1. The Bertz CT molecular complexity index is 1130. The van der Waals surface area contributed by atoms with Gasteiger partial charge in [0.15, 0.2) is 0 Å². The number of hydrogen-bond acceptors (Lipinski definition) is 3. The second kappa shape index (κ2) is 5.53. The largest absolute Gasteiger partial charge is 0.319 e. The molecule has 1 atom stereocenters. The molecule has 5 rings (SSSR count). The molecule has 2 aromatic carbocycles. The number of benzene rings is 2. The predicted molar refractivity (Wildman–Crippen MR) is 99.4 cm³/mol. The summed E-state index contributed by atoms with van der Waals surface area (Å²) in [4.78, 5) is 4.54. The first-order valence-electron chi connectivity index (χ1n) is 8.84. The molecule has 5 nitrogen and oxygen atoms in total. The molecular formula is C20H19N3O2S. The zero-order chi connectivity index (χ0) is 17.9. The van der Waals surface area contributed by atoms with Crippen molar-refractivity contribution in [2.45, 2.75) is 36.6 Å². The van der Waals surface area contributed by atoms with Gasteiger partial charge in [0.1, 0.15) is 0 Å². The van der Waals surface area contributed by atoms with Crippen LogP contribution in [0.2, 0.25) is 0 Å². The highest BCUT2D eigenvalue weighted by molar-refractivity contribution is 7.89. The van der Waals surface area contributed by atoms with Gasteiger partial charge in [0.2, 0.25) is 10.0 Å². The second-order valence-electron chi connectivity index (χ2n) is 7.04. The third kappa shape index (κ3) is 2.19. The predicted octanol–water partition coefficient (Wildman–Crippen LogP) is 3.03. The minimum atomic E-state index is -3.83. The third-order valence-electron chi connectivity index (χ3n) is 5.59. The van der Waals surface area contributed by atoms with Gasteiger partial charge >= 0.3 is 0 Å². The summed E-state index contributed by atoms with van der Waals surface area (Å²) in [6.45, 7) is 0. The van der Waals surface area contributed by atoms with Crippen molar-refractivity contribution < 1.29 is 8.42 Å². The van der Waals surface area contributed by atoms with Crippen LogP contribution in [0, 0.1) is 0 Å². The van der Waals surface area contributed by atoms with Crippen LogP contribution in [0.15, 0.2) is 53.8 Å². The van der Waals surface area contributed by atoms with Crippen molar-refractivity contribution >= 4 is 10.0 Å². The Morgan fingerprint density at radius 1 is 1.08 bits per heavy atom. The number of primary sulfonamides is 1. The first-order chi connectivity index (χ1) is 12.6. The van der Waals surface area contributed by atoms with Crippen molar-refractivity contribution in [3.05, 3.63) is 71.2 Å². The molecule has 0 saturated heterocycles. The highest BCUT2D eigenvalue weighted by Crippen LogP contribution is 2.46. The van der Waals surface area contributed by atoms with Crippen LogP contribution in [-0.4, -0.2) is 18.0 Å². The molecule has 6 heteroatoms. The van der Waals surface area contributed by atoms with E-state index in [1.807, 2.05) is 24.4 Å². The zero-order valence-corrected chi connectivity index (χ0v) is 15.0. The Labute approximate surface area is 152 Å². The summed E-state index contributed by atoms with van der Waals surface area (Å²) in [6.07, 6.45) is 7.70. The van der Waals surface area contributed by atoms with Crippen LogP contribution >= 0.6 is 0 Å². The molecule has 1 aliphatic heterocycles. The normalized spacial score (nSPS) is 18.3. The maximum atomic E-state index is 12.4. The van der Waals surface area contributed by atoms with Gasteiger partial charge in [0, 0.05) is 11.1 Å². The lowest BCUT2D eigenvalue weighted by atomic mass is 9.84. The van der Waals surface area contributed by atoms with E-state index in [-0.39, 0.29) is 10.9 Å². The Morgan fingerprint density at radius 2 is 1.88 bits per heavy atom. The van der Waals surface area contributed by atoms with E-state index < -0.39 is 10.0 Å². The molecule has 2 aliphatic rings. The highest BCUT2D eigenvalue weighted by Gasteiger charge is 2.35. The lowest BCUT2D eigenvalue weighted by Gasteiger charge is -2.26. The Balaban J connectivity index is 1.87. The van der Waals surface area contributed by atoms with E-state index >= 15 is 0 Å². The fourth-order valence-corrected chi connectivity index (χ4v) is 5.31. The Hall–Kier alpha value is -2.44. The number of imidazole rings is 1. The van der Waals surface area contributed by atoms with Gasteiger partial charge in [-0.25, -0.2) is 18.5 Å². The summed E-state index contributed by atoms with van der Waals surface area (Å²) in [5.41, 5.74) is 6.43. The van der Waals surface area contributed by atoms with E-state index in [1.165, 1.54) is 5.56 Å². The molecule has 2 N–H and O–H groups in total. The lowest BCUT2D eigenvalue weighted by molar-refractivity contribution is 0.589. The quantitative estimate of drug-likeness (QED) is 0.593. The Kier molecular flexibility index (Phi) is 3.36. The molecule has 3 aromatic rings. The summed E-state index contributed by atoms with van der Waals surface area (Å²) in [7, 11) is -3.83. The molecule has 0 bridgehead atoms. The fourth-order valence-electron chi connectivity index (χ4n) is 4.52. The molecule has 132 valence electrons. The average Bonchev–Trinajstić information content (AvgIpc) is 3.21. The molecule has 0 radical (unpaired) electrons. The van der Waals surface area contributed by atoms with Crippen LogP contribution in [0.4, 0.5) is 0 Å².